The number of aromatic nitrogens is 5. The molecule has 3 aromatic rings. The highest BCUT2D eigenvalue weighted by atomic mass is 19.4. The molecule has 160 valence electrons. The number of nitrogens with zero attached hydrogens (tertiary/aromatic N) is 6. The Balaban J connectivity index is 1.58. The van der Waals surface area contributed by atoms with Gasteiger partial charge >= 0.3 is 6.18 Å². The van der Waals surface area contributed by atoms with Crippen molar-refractivity contribution in [2.45, 2.75) is 51.2 Å². The summed E-state index contributed by atoms with van der Waals surface area (Å²) in [6.07, 6.45) is 0.277. The molecule has 0 saturated carbocycles. The molecule has 1 saturated heterocycles. The second-order valence-electron chi connectivity index (χ2n) is 7.35. The van der Waals surface area contributed by atoms with Crippen LogP contribution in [0.5, 0.6) is 0 Å². The molecule has 1 unspecified atom stereocenters. The number of halogens is 3. The summed E-state index contributed by atoms with van der Waals surface area (Å²) in [6.45, 7) is 2.99. The summed E-state index contributed by atoms with van der Waals surface area (Å²) in [5, 5.41) is 7.82. The fourth-order valence-electron chi connectivity index (χ4n) is 3.85. The van der Waals surface area contributed by atoms with Crippen molar-refractivity contribution in [3.05, 3.63) is 35.7 Å². The SMILES string of the molecule is CCc1cc(C(F)(F)F)c2c(C3CCCN(C(=O)CCn4cncn4)C3)noc2n1. The van der Waals surface area contributed by atoms with Gasteiger partial charge in [0.2, 0.25) is 5.91 Å². The van der Waals surface area contributed by atoms with E-state index in [0.29, 0.717) is 44.6 Å². The molecule has 30 heavy (non-hydrogen) atoms. The maximum absolute atomic E-state index is 13.7. The molecule has 0 N–H and O–H groups in total. The fraction of sp³-hybridized carbons (Fsp3) is 0.526. The largest absolute Gasteiger partial charge is 0.417 e. The van der Waals surface area contributed by atoms with Crippen LogP contribution in [0.2, 0.25) is 0 Å². The number of likely N-dealkylation sites (tertiary alicyclic amines) is 1. The lowest BCUT2D eigenvalue weighted by Crippen LogP contribution is -2.39. The summed E-state index contributed by atoms with van der Waals surface area (Å²) >= 11 is 0. The van der Waals surface area contributed by atoms with E-state index in [9.17, 15) is 18.0 Å². The molecule has 0 spiro atoms. The van der Waals surface area contributed by atoms with Crippen LogP contribution in [0.3, 0.4) is 0 Å². The van der Waals surface area contributed by atoms with Gasteiger partial charge in [0, 0.05) is 31.1 Å². The molecule has 1 aliphatic heterocycles. The minimum Gasteiger partial charge on any atom is -0.342 e. The van der Waals surface area contributed by atoms with Crippen LogP contribution in [-0.2, 0) is 23.9 Å². The molecule has 0 bridgehead atoms. The Hall–Kier alpha value is -2.98. The number of hydrogen-bond acceptors (Lipinski definition) is 6. The van der Waals surface area contributed by atoms with Crippen LogP contribution < -0.4 is 0 Å². The Labute approximate surface area is 170 Å². The molecule has 4 rings (SSSR count). The number of piperidine rings is 1. The second kappa shape index (κ2) is 8.04. The molecule has 0 radical (unpaired) electrons. The zero-order chi connectivity index (χ0) is 21.3. The Morgan fingerprint density at radius 1 is 1.37 bits per heavy atom. The normalized spacial score (nSPS) is 17.6. The lowest BCUT2D eigenvalue weighted by molar-refractivity contribution is -0.136. The van der Waals surface area contributed by atoms with Crippen LogP contribution in [0.1, 0.15) is 49.1 Å². The lowest BCUT2D eigenvalue weighted by atomic mass is 9.91. The third-order valence-corrected chi connectivity index (χ3v) is 5.38. The predicted octanol–water partition coefficient (Wildman–Crippen LogP) is 3.19. The van der Waals surface area contributed by atoms with Gasteiger partial charge in [-0.05, 0) is 25.3 Å². The standard InChI is InChI=1S/C19H21F3N6O2/c1-2-13-8-14(19(20,21)22)16-17(26-30-18(16)25-13)12-4-3-6-27(9-12)15(29)5-7-28-11-23-10-24-28/h8,10-12H,2-7,9H2,1H3. The lowest BCUT2D eigenvalue weighted by Gasteiger charge is -2.32. The van der Waals surface area contributed by atoms with Crippen LogP contribution in [0.25, 0.3) is 11.1 Å². The summed E-state index contributed by atoms with van der Waals surface area (Å²) < 4.78 is 47.9. The molecular weight excluding hydrogens is 401 g/mol. The number of amides is 1. The van der Waals surface area contributed by atoms with Gasteiger partial charge in [-0.15, -0.1) is 0 Å². The summed E-state index contributed by atoms with van der Waals surface area (Å²) in [7, 11) is 0. The van der Waals surface area contributed by atoms with E-state index < -0.39 is 11.7 Å². The topological polar surface area (TPSA) is 89.9 Å². The second-order valence-corrected chi connectivity index (χ2v) is 7.35. The Morgan fingerprint density at radius 3 is 2.90 bits per heavy atom. The average Bonchev–Trinajstić information content (AvgIpc) is 3.40. The first-order valence-electron chi connectivity index (χ1n) is 9.83. The van der Waals surface area contributed by atoms with Gasteiger partial charge in [0.1, 0.15) is 12.7 Å². The van der Waals surface area contributed by atoms with E-state index >= 15 is 0 Å². The zero-order valence-corrected chi connectivity index (χ0v) is 16.4. The molecule has 0 aliphatic carbocycles. The Bertz CT molecular complexity index is 1030. The van der Waals surface area contributed by atoms with Crippen molar-refractivity contribution in [1.82, 2.24) is 29.8 Å². The van der Waals surface area contributed by atoms with Crippen LogP contribution in [-0.4, -0.2) is 48.8 Å². The summed E-state index contributed by atoms with van der Waals surface area (Å²) in [6, 6.07) is 1.06. The first-order valence-corrected chi connectivity index (χ1v) is 9.83. The Kier molecular flexibility index (Phi) is 5.44. The highest BCUT2D eigenvalue weighted by Gasteiger charge is 2.38. The van der Waals surface area contributed by atoms with Crippen LogP contribution in [0.4, 0.5) is 13.2 Å². The minimum absolute atomic E-state index is 0.0783. The number of alkyl halides is 3. The molecule has 1 amide bonds. The molecule has 0 aromatic carbocycles. The van der Waals surface area contributed by atoms with E-state index in [2.05, 4.69) is 20.2 Å². The van der Waals surface area contributed by atoms with Gasteiger partial charge in [-0.2, -0.15) is 18.3 Å². The fourth-order valence-corrected chi connectivity index (χ4v) is 3.85. The smallest absolute Gasteiger partial charge is 0.342 e. The Morgan fingerprint density at radius 2 is 2.20 bits per heavy atom. The van der Waals surface area contributed by atoms with Crippen molar-refractivity contribution in [3.63, 3.8) is 0 Å². The van der Waals surface area contributed by atoms with E-state index in [1.54, 1.807) is 16.5 Å². The molecule has 3 aromatic heterocycles. The highest BCUT2D eigenvalue weighted by molar-refractivity contribution is 5.82. The average molecular weight is 422 g/mol. The van der Waals surface area contributed by atoms with Gasteiger partial charge in [0.15, 0.2) is 0 Å². The van der Waals surface area contributed by atoms with Gasteiger partial charge < -0.3 is 9.42 Å². The number of carbonyl (C=O) groups excluding carboxylic acids is 1. The van der Waals surface area contributed by atoms with Crippen molar-refractivity contribution in [1.29, 1.82) is 0 Å². The minimum atomic E-state index is -4.55. The predicted molar refractivity (Wildman–Crippen MR) is 99.4 cm³/mol. The van der Waals surface area contributed by atoms with Crippen molar-refractivity contribution >= 4 is 17.0 Å². The molecule has 1 aliphatic rings. The van der Waals surface area contributed by atoms with Crippen LogP contribution in [0.15, 0.2) is 23.2 Å². The number of hydrogen-bond donors (Lipinski definition) is 0. The third kappa shape index (κ3) is 4.01. The summed E-state index contributed by atoms with van der Waals surface area (Å²) in [5.41, 5.74) is -0.367. The van der Waals surface area contributed by atoms with Crippen molar-refractivity contribution in [2.24, 2.45) is 0 Å². The number of aryl methyl sites for hydroxylation is 2. The van der Waals surface area contributed by atoms with E-state index in [0.717, 1.165) is 6.07 Å². The van der Waals surface area contributed by atoms with E-state index in [1.165, 1.54) is 12.7 Å². The number of pyridine rings is 1. The maximum Gasteiger partial charge on any atom is 0.417 e. The van der Waals surface area contributed by atoms with Crippen LogP contribution in [0, 0.1) is 0 Å². The third-order valence-electron chi connectivity index (χ3n) is 5.38. The molecule has 1 fully saturated rings. The molecular formula is C19H21F3N6O2. The number of carbonyl (C=O) groups is 1. The van der Waals surface area contributed by atoms with Gasteiger partial charge in [0.05, 0.1) is 23.2 Å². The van der Waals surface area contributed by atoms with Gasteiger partial charge in [-0.1, -0.05) is 12.1 Å². The summed E-state index contributed by atoms with van der Waals surface area (Å²) in [4.78, 5) is 22.3. The van der Waals surface area contributed by atoms with Gasteiger partial charge in [-0.25, -0.2) is 9.97 Å². The molecule has 1 atom stereocenters. The first kappa shape index (κ1) is 20.3. The van der Waals surface area contributed by atoms with E-state index in [4.69, 9.17) is 4.52 Å². The van der Waals surface area contributed by atoms with Crippen molar-refractivity contribution < 1.29 is 22.5 Å². The van der Waals surface area contributed by atoms with Gasteiger partial charge in [0.25, 0.3) is 5.71 Å². The van der Waals surface area contributed by atoms with E-state index in [1.807, 2.05) is 0 Å². The van der Waals surface area contributed by atoms with E-state index in [-0.39, 0.29) is 35.0 Å². The summed E-state index contributed by atoms with van der Waals surface area (Å²) in [5.74, 6) is -0.420. The maximum atomic E-state index is 13.7. The molecule has 11 heteroatoms. The zero-order valence-electron chi connectivity index (χ0n) is 16.4. The number of rotatable bonds is 5. The van der Waals surface area contributed by atoms with Crippen molar-refractivity contribution in [3.8, 4) is 0 Å². The number of fused-ring (bicyclic) bond motifs is 1. The van der Waals surface area contributed by atoms with Crippen LogP contribution >= 0.6 is 0 Å². The van der Waals surface area contributed by atoms with Gasteiger partial charge in [-0.3, -0.25) is 9.48 Å². The first-order chi connectivity index (χ1) is 14.4. The quantitative estimate of drug-likeness (QED) is 0.627. The highest BCUT2D eigenvalue weighted by Crippen LogP contribution is 2.40. The monoisotopic (exact) mass is 422 g/mol. The molecule has 8 nitrogen and oxygen atoms in total. The van der Waals surface area contributed by atoms with Crippen molar-refractivity contribution in [2.75, 3.05) is 13.1 Å². The molecule has 4 heterocycles.